The second kappa shape index (κ2) is 4.42. The topological polar surface area (TPSA) is 29.1 Å². The lowest BCUT2D eigenvalue weighted by Crippen LogP contribution is -2.60. The highest BCUT2D eigenvalue weighted by Crippen LogP contribution is 2.41. The molecule has 1 fully saturated rings. The number of nitrogens with one attached hydrogen (secondary N) is 1. The van der Waals surface area contributed by atoms with Crippen LogP contribution < -0.4 is 5.32 Å². The molecule has 98 valence electrons. The van der Waals surface area contributed by atoms with Gasteiger partial charge in [-0.3, -0.25) is 4.79 Å². The van der Waals surface area contributed by atoms with Crippen molar-refractivity contribution in [3.8, 4) is 0 Å². The van der Waals surface area contributed by atoms with Gasteiger partial charge in [-0.25, -0.2) is 0 Å². The van der Waals surface area contributed by atoms with Gasteiger partial charge in [-0.15, -0.1) is 0 Å². The predicted molar refractivity (Wildman–Crippen MR) is 74.3 cm³/mol. The Morgan fingerprint density at radius 3 is 2.39 bits per heavy atom. The van der Waals surface area contributed by atoms with Crippen molar-refractivity contribution in [3.63, 3.8) is 0 Å². The molecule has 0 spiro atoms. The summed E-state index contributed by atoms with van der Waals surface area (Å²) in [4.78, 5) is 12.2. The van der Waals surface area contributed by atoms with Gasteiger partial charge in [0.15, 0.2) is 0 Å². The average molecular weight is 245 g/mol. The SMILES string of the molecule is CC1(C)CC(Cc2ccccc2)C(=O)NC1(C)C. The summed E-state index contributed by atoms with van der Waals surface area (Å²) < 4.78 is 0. The molecule has 1 unspecified atom stereocenters. The van der Waals surface area contributed by atoms with Crippen LogP contribution in [0.2, 0.25) is 0 Å². The van der Waals surface area contributed by atoms with Crippen LogP contribution in [-0.2, 0) is 11.2 Å². The molecule has 0 aromatic heterocycles. The van der Waals surface area contributed by atoms with Gasteiger partial charge in [-0.05, 0) is 37.7 Å². The molecule has 1 saturated heterocycles. The molecule has 1 aliphatic heterocycles. The van der Waals surface area contributed by atoms with E-state index in [1.54, 1.807) is 0 Å². The maximum absolute atomic E-state index is 12.2. The Kier molecular flexibility index (Phi) is 3.22. The van der Waals surface area contributed by atoms with Gasteiger partial charge < -0.3 is 5.32 Å². The number of hydrogen-bond acceptors (Lipinski definition) is 1. The molecule has 1 amide bonds. The summed E-state index contributed by atoms with van der Waals surface area (Å²) in [7, 11) is 0. The van der Waals surface area contributed by atoms with Gasteiger partial charge in [0, 0.05) is 11.5 Å². The van der Waals surface area contributed by atoms with Crippen molar-refractivity contribution in [1.82, 2.24) is 5.32 Å². The van der Waals surface area contributed by atoms with Crippen molar-refractivity contribution in [2.45, 2.75) is 46.1 Å². The Bertz CT molecular complexity index is 434. The number of carbonyl (C=O) groups excluding carboxylic acids is 1. The standard InChI is InChI=1S/C16H23NO/c1-15(2)11-13(14(18)17-16(15,3)4)10-12-8-6-5-7-9-12/h5-9,13H,10-11H2,1-4H3,(H,17,18). The van der Waals surface area contributed by atoms with Gasteiger partial charge in [0.05, 0.1) is 0 Å². The number of benzene rings is 1. The van der Waals surface area contributed by atoms with Gasteiger partial charge in [0.1, 0.15) is 0 Å². The molecule has 0 saturated carbocycles. The number of hydrogen-bond donors (Lipinski definition) is 1. The average Bonchev–Trinajstić information content (AvgIpc) is 2.27. The van der Waals surface area contributed by atoms with E-state index in [0.717, 1.165) is 12.8 Å². The first-order valence-corrected chi connectivity index (χ1v) is 6.68. The van der Waals surface area contributed by atoms with E-state index in [9.17, 15) is 4.79 Å². The molecule has 0 aliphatic carbocycles. The van der Waals surface area contributed by atoms with Crippen molar-refractivity contribution in [2.75, 3.05) is 0 Å². The van der Waals surface area contributed by atoms with E-state index in [1.165, 1.54) is 5.56 Å². The van der Waals surface area contributed by atoms with E-state index in [2.05, 4.69) is 45.1 Å². The molecule has 1 aromatic rings. The highest BCUT2D eigenvalue weighted by molar-refractivity contribution is 5.81. The van der Waals surface area contributed by atoms with Crippen LogP contribution >= 0.6 is 0 Å². The minimum absolute atomic E-state index is 0.0930. The molecule has 2 nitrogen and oxygen atoms in total. The van der Waals surface area contributed by atoms with Crippen molar-refractivity contribution < 1.29 is 4.79 Å². The first kappa shape index (κ1) is 13.1. The van der Waals surface area contributed by atoms with E-state index >= 15 is 0 Å². The maximum Gasteiger partial charge on any atom is 0.223 e. The van der Waals surface area contributed by atoms with Crippen molar-refractivity contribution in [3.05, 3.63) is 35.9 Å². The Labute approximate surface area is 110 Å². The number of rotatable bonds is 2. The second-order valence-electron chi connectivity index (χ2n) is 6.59. The molecule has 1 heterocycles. The van der Waals surface area contributed by atoms with Gasteiger partial charge in [0.2, 0.25) is 5.91 Å². The number of carbonyl (C=O) groups is 1. The van der Waals surface area contributed by atoms with Crippen molar-refractivity contribution in [2.24, 2.45) is 11.3 Å². The summed E-state index contributed by atoms with van der Waals surface area (Å²) in [6.45, 7) is 8.71. The zero-order valence-electron chi connectivity index (χ0n) is 11.8. The Balaban J connectivity index is 2.14. The Morgan fingerprint density at radius 2 is 1.78 bits per heavy atom. The lowest BCUT2D eigenvalue weighted by Gasteiger charge is -2.48. The van der Waals surface area contributed by atoms with E-state index in [1.807, 2.05) is 18.2 Å². The van der Waals surface area contributed by atoms with Crippen molar-refractivity contribution >= 4 is 5.91 Å². The molecular formula is C16H23NO. The highest BCUT2D eigenvalue weighted by atomic mass is 16.2. The maximum atomic E-state index is 12.2. The molecule has 2 heteroatoms. The fraction of sp³-hybridized carbons (Fsp3) is 0.562. The molecule has 2 rings (SSSR count). The van der Waals surface area contributed by atoms with E-state index in [-0.39, 0.29) is 22.8 Å². The first-order valence-electron chi connectivity index (χ1n) is 6.68. The summed E-state index contributed by atoms with van der Waals surface area (Å²) in [5, 5.41) is 3.18. The van der Waals surface area contributed by atoms with Crippen molar-refractivity contribution in [1.29, 1.82) is 0 Å². The molecule has 0 radical (unpaired) electrons. The first-order chi connectivity index (χ1) is 8.32. The fourth-order valence-corrected chi connectivity index (χ4v) is 2.61. The van der Waals surface area contributed by atoms with Crippen LogP contribution in [0, 0.1) is 11.3 Å². The summed E-state index contributed by atoms with van der Waals surface area (Å²) in [5.41, 5.74) is 1.24. The van der Waals surface area contributed by atoms with Gasteiger partial charge in [-0.2, -0.15) is 0 Å². The fourth-order valence-electron chi connectivity index (χ4n) is 2.61. The molecule has 1 aliphatic rings. The van der Waals surface area contributed by atoms with E-state index < -0.39 is 0 Å². The monoisotopic (exact) mass is 245 g/mol. The van der Waals surface area contributed by atoms with Crippen LogP contribution in [0.5, 0.6) is 0 Å². The normalized spacial score (nSPS) is 25.6. The van der Waals surface area contributed by atoms with Crippen LogP contribution in [0.3, 0.4) is 0 Å². The second-order valence-corrected chi connectivity index (χ2v) is 6.59. The summed E-state index contributed by atoms with van der Waals surface area (Å²) in [5.74, 6) is 0.290. The molecule has 1 atom stereocenters. The van der Waals surface area contributed by atoms with Crippen LogP contribution in [0.25, 0.3) is 0 Å². The Hall–Kier alpha value is -1.31. The van der Waals surface area contributed by atoms with Crippen LogP contribution in [0.4, 0.5) is 0 Å². The molecule has 0 bridgehead atoms. The number of amides is 1. The lowest BCUT2D eigenvalue weighted by molar-refractivity contribution is -0.134. The summed E-state index contributed by atoms with van der Waals surface area (Å²) in [6.07, 6.45) is 1.78. The smallest absolute Gasteiger partial charge is 0.223 e. The van der Waals surface area contributed by atoms with Crippen LogP contribution in [0.15, 0.2) is 30.3 Å². The minimum Gasteiger partial charge on any atom is -0.350 e. The molecular weight excluding hydrogens is 222 g/mol. The van der Waals surface area contributed by atoms with Crippen LogP contribution in [0.1, 0.15) is 39.7 Å². The summed E-state index contributed by atoms with van der Waals surface area (Å²) >= 11 is 0. The van der Waals surface area contributed by atoms with Crippen LogP contribution in [-0.4, -0.2) is 11.4 Å². The quantitative estimate of drug-likeness (QED) is 0.852. The number of piperidine rings is 1. The predicted octanol–water partition coefficient (Wildman–Crippen LogP) is 3.17. The van der Waals surface area contributed by atoms with E-state index in [4.69, 9.17) is 0 Å². The summed E-state index contributed by atoms with van der Waals surface area (Å²) in [6, 6.07) is 10.3. The highest BCUT2D eigenvalue weighted by Gasteiger charge is 2.45. The van der Waals surface area contributed by atoms with E-state index in [0.29, 0.717) is 0 Å². The third-order valence-electron chi connectivity index (χ3n) is 4.58. The molecule has 18 heavy (non-hydrogen) atoms. The zero-order chi connectivity index (χ0) is 13.4. The lowest BCUT2D eigenvalue weighted by atomic mass is 9.65. The van der Waals surface area contributed by atoms with Gasteiger partial charge >= 0.3 is 0 Å². The van der Waals surface area contributed by atoms with Gasteiger partial charge in [0.25, 0.3) is 0 Å². The Morgan fingerprint density at radius 1 is 1.17 bits per heavy atom. The largest absolute Gasteiger partial charge is 0.350 e. The molecule has 1 aromatic carbocycles. The third-order valence-corrected chi connectivity index (χ3v) is 4.58. The third kappa shape index (κ3) is 2.43. The van der Waals surface area contributed by atoms with Gasteiger partial charge in [-0.1, -0.05) is 44.2 Å². The zero-order valence-corrected chi connectivity index (χ0v) is 11.8. The minimum atomic E-state index is -0.128. The molecule has 1 N–H and O–H groups in total.